The first-order valence-electron chi connectivity index (χ1n) is 6.32. The molecule has 3 aromatic rings. The van der Waals surface area contributed by atoms with E-state index in [-0.39, 0.29) is 6.04 Å². The fraction of sp³-hybridized carbons (Fsp3) is 0.0667. The van der Waals surface area contributed by atoms with Gasteiger partial charge in [-0.15, -0.1) is 0 Å². The third-order valence-electron chi connectivity index (χ3n) is 3.21. The number of fused-ring (bicyclic) bond motifs is 1. The Hall–Kier alpha value is -1.72. The Balaban J connectivity index is 2.06. The van der Waals surface area contributed by atoms with Gasteiger partial charge in [-0.05, 0) is 29.8 Å². The summed E-state index contributed by atoms with van der Waals surface area (Å²) in [5.74, 6) is 5.68. The number of halogens is 2. The summed E-state index contributed by atoms with van der Waals surface area (Å²) in [7, 11) is 0. The molecular formula is C15H12Cl2N4. The molecule has 1 heterocycles. The van der Waals surface area contributed by atoms with Crippen molar-refractivity contribution in [1.82, 2.24) is 15.4 Å². The zero-order chi connectivity index (χ0) is 14.8. The summed E-state index contributed by atoms with van der Waals surface area (Å²) in [6, 6.07) is 12.7. The van der Waals surface area contributed by atoms with Gasteiger partial charge in [0.1, 0.15) is 0 Å². The zero-order valence-corrected chi connectivity index (χ0v) is 12.4. The molecule has 106 valence electrons. The predicted octanol–water partition coefficient (Wildman–Crippen LogP) is 3.49. The van der Waals surface area contributed by atoms with Gasteiger partial charge in [0, 0.05) is 0 Å². The molecule has 1 atom stereocenters. The van der Waals surface area contributed by atoms with Gasteiger partial charge in [-0.2, -0.15) is 0 Å². The SMILES string of the molecule is NNC(c1ccc(Cl)c(Cl)c1)c1cnc2ccccc2n1. The molecule has 0 saturated heterocycles. The van der Waals surface area contributed by atoms with Gasteiger partial charge in [0.2, 0.25) is 0 Å². The smallest absolute Gasteiger partial charge is 0.0897 e. The molecule has 0 aliphatic rings. The molecule has 0 amide bonds. The number of nitrogens with zero attached hydrogens (tertiary/aromatic N) is 2. The van der Waals surface area contributed by atoms with Crippen LogP contribution >= 0.6 is 23.2 Å². The van der Waals surface area contributed by atoms with Gasteiger partial charge < -0.3 is 0 Å². The van der Waals surface area contributed by atoms with E-state index in [4.69, 9.17) is 29.0 Å². The molecular weight excluding hydrogens is 307 g/mol. The van der Waals surface area contributed by atoms with E-state index in [0.717, 1.165) is 22.3 Å². The van der Waals surface area contributed by atoms with Gasteiger partial charge in [0.25, 0.3) is 0 Å². The largest absolute Gasteiger partial charge is 0.271 e. The average molecular weight is 319 g/mol. The minimum absolute atomic E-state index is 0.308. The van der Waals surface area contributed by atoms with Gasteiger partial charge in [-0.1, -0.05) is 41.4 Å². The molecule has 4 nitrogen and oxygen atoms in total. The lowest BCUT2D eigenvalue weighted by molar-refractivity contribution is 0.620. The van der Waals surface area contributed by atoms with E-state index in [1.54, 1.807) is 18.3 Å². The second-order valence-corrected chi connectivity index (χ2v) is 5.37. The summed E-state index contributed by atoms with van der Waals surface area (Å²) < 4.78 is 0. The molecule has 0 fully saturated rings. The molecule has 0 spiro atoms. The second kappa shape index (κ2) is 5.95. The van der Waals surface area contributed by atoms with Gasteiger partial charge in [-0.3, -0.25) is 10.8 Å². The number of nitrogens with two attached hydrogens (primary N) is 1. The Kier molecular flexibility index (Phi) is 4.03. The second-order valence-electron chi connectivity index (χ2n) is 4.56. The van der Waals surface area contributed by atoms with Crippen LogP contribution < -0.4 is 11.3 Å². The molecule has 6 heteroatoms. The van der Waals surface area contributed by atoms with E-state index in [1.807, 2.05) is 30.3 Å². The van der Waals surface area contributed by atoms with E-state index in [2.05, 4.69) is 15.4 Å². The van der Waals surface area contributed by atoms with Crippen LogP contribution in [-0.2, 0) is 0 Å². The quantitative estimate of drug-likeness (QED) is 0.573. The number of benzene rings is 2. The fourth-order valence-corrected chi connectivity index (χ4v) is 2.46. The summed E-state index contributed by atoms with van der Waals surface area (Å²) in [6.45, 7) is 0. The Morgan fingerprint density at radius 3 is 2.48 bits per heavy atom. The highest BCUT2D eigenvalue weighted by Gasteiger charge is 2.16. The van der Waals surface area contributed by atoms with Gasteiger partial charge in [-0.25, -0.2) is 10.4 Å². The van der Waals surface area contributed by atoms with Gasteiger partial charge in [0.05, 0.1) is 39.0 Å². The predicted molar refractivity (Wildman–Crippen MR) is 85.2 cm³/mol. The van der Waals surface area contributed by atoms with Crippen molar-refractivity contribution in [1.29, 1.82) is 0 Å². The molecule has 0 saturated carbocycles. The van der Waals surface area contributed by atoms with E-state index in [1.165, 1.54) is 0 Å². The van der Waals surface area contributed by atoms with E-state index < -0.39 is 0 Å². The lowest BCUT2D eigenvalue weighted by Gasteiger charge is -2.16. The van der Waals surface area contributed by atoms with Crippen LogP contribution in [0.5, 0.6) is 0 Å². The third kappa shape index (κ3) is 2.84. The van der Waals surface area contributed by atoms with Crippen LogP contribution in [0.3, 0.4) is 0 Å². The highest BCUT2D eigenvalue weighted by molar-refractivity contribution is 6.42. The minimum Gasteiger partial charge on any atom is -0.271 e. The highest BCUT2D eigenvalue weighted by Crippen LogP contribution is 2.28. The summed E-state index contributed by atoms with van der Waals surface area (Å²) in [6.07, 6.45) is 1.70. The first-order chi connectivity index (χ1) is 10.2. The summed E-state index contributed by atoms with van der Waals surface area (Å²) >= 11 is 12.0. The molecule has 1 unspecified atom stereocenters. The first kappa shape index (κ1) is 14.2. The number of hydrogen-bond acceptors (Lipinski definition) is 4. The normalized spacial score (nSPS) is 12.5. The average Bonchev–Trinajstić information content (AvgIpc) is 2.51. The van der Waals surface area contributed by atoms with Crippen LogP contribution in [-0.4, -0.2) is 9.97 Å². The van der Waals surface area contributed by atoms with E-state index in [9.17, 15) is 0 Å². The van der Waals surface area contributed by atoms with Crippen LogP contribution in [0.25, 0.3) is 11.0 Å². The Labute approximate surface area is 131 Å². The third-order valence-corrected chi connectivity index (χ3v) is 3.95. The van der Waals surface area contributed by atoms with Crippen molar-refractivity contribution in [2.75, 3.05) is 0 Å². The van der Waals surface area contributed by atoms with Crippen molar-refractivity contribution in [3.05, 3.63) is 70.0 Å². The number of rotatable bonds is 3. The number of nitrogens with one attached hydrogen (secondary N) is 1. The van der Waals surface area contributed by atoms with Crippen molar-refractivity contribution in [2.45, 2.75) is 6.04 Å². The summed E-state index contributed by atoms with van der Waals surface area (Å²) in [4.78, 5) is 8.99. The lowest BCUT2D eigenvalue weighted by atomic mass is 10.0. The van der Waals surface area contributed by atoms with Crippen molar-refractivity contribution >= 4 is 34.2 Å². The van der Waals surface area contributed by atoms with Crippen LogP contribution in [0, 0.1) is 0 Å². The summed E-state index contributed by atoms with van der Waals surface area (Å²) in [5.41, 5.74) is 5.98. The molecule has 1 aromatic heterocycles. The van der Waals surface area contributed by atoms with E-state index >= 15 is 0 Å². The minimum atomic E-state index is -0.308. The summed E-state index contributed by atoms with van der Waals surface area (Å²) in [5, 5.41) is 0.976. The lowest BCUT2D eigenvalue weighted by Crippen LogP contribution is -2.29. The number of hydrogen-bond donors (Lipinski definition) is 2. The van der Waals surface area contributed by atoms with Crippen molar-refractivity contribution in [3.8, 4) is 0 Å². The molecule has 3 N–H and O–H groups in total. The monoisotopic (exact) mass is 318 g/mol. The number of aromatic nitrogens is 2. The fourth-order valence-electron chi connectivity index (χ4n) is 2.15. The van der Waals surface area contributed by atoms with Gasteiger partial charge >= 0.3 is 0 Å². The molecule has 0 radical (unpaired) electrons. The van der Waals surface area contributed by atoms with Crippen LogP contribution in [0.1, 0.15) is 17.3 Å². The van der Waals surface area contributed by atoms with Crippen molar-refractivity contribution in [2.24, 2.45) is 5.84 Å². The highest BCUT2D eigenvalue weighted by atomic mass is 35.5. The molecule has 0 aliphatic heterocycles. The molecule has 0 bridgehead atoms. The maximum Gasteiger partial charge on any atom is 0.0897 e. The van der Waals surface area contributed by atoms with Crippen LogP contribution in [0.4, 0.5) is 0 Å². The van der Waals surface area contributed by atoms with E-state index in [0.29, 0.717) is 10.0 Å². The Bertz CT molecular complexity index is 791. The van der Waals surface area contributed by atoms with Crippen molar-refractivity contribution in [3.63, 3.8) is 0 Å². The molecule has 21 heavy (non-hydrogen) atoms. The first-order valence-corrected chi connectivity index (χ1v) is 7.07. The Morgan fingerprint density at radius 1 is 1.00 bits per heavy atom. The maximum atomic E-state index is 6.06. The molecule has 3 rings (SSSR count). The van der Waals surface area contributed by atoms with Crippen LogP contribution in [0.2, 0.25) is 10.0 Å². The van der Waals surface area contributed by atoms with Crippen molar-refractivity contribution < 1.29 is 0 Å². The van der Waals surface area contributed by atoms with Gasteiger partial charge in [0.15, 0.2) is 0 Å². The van der Waals surface area contributed by atoms with Crippen LogP contribution in [0.15, 0.2) is 48.7 Å². The topological polar surface area (TPSA) is 63.8 Å². The molecule has 2 aromatic carbocycles. The number of hydrazine groups is 1. The standard InChI is InChI=1S/C15H12Cl2N4/c16-10-6-5-9(7-11(10)17)15(21-18)14-8-19-12-3-1-2-4-13(12)20-14/h1-8,15,21H,18H2. The zero-order valence-electron chi connectivity index (χ0n) is 10.9. The Morgan fingerprint density at radius 2 is 1.76 bits per heavy atom. The number of para-hydroxylation sites is 2. The molecule has 0 aliphatic carbocycles. The maximum absolute atomic E-state index is 6.06.